The zero-order valence-electron chi connectivity index (χ0n) is 23.0. The molecule has 1 aromatic carbocycles. The van der Waals surface area contributed by atoms with Gasteiger partial charge in [-0.15, -0.1) is 11.3 Å². The van der Waals surface area contributed by atoms with Gasteiger partial charge in [-0.05, 0) is 36.5 Å². The number of aromatic nitrogens is 3. The van der Waals surface area contributed by atoms with Crippen LogP contribution < -0.4 is 10.6 Å². The first kappa shape index (κ1) is 28.4. The third-order valence-electron chi connectivity index (χ3n) is 6.93. The summed E-state index contributed by atoms with van der Waals surface area (Å²) in [5.41, 5.74) is 4.49. The first-order chi connectivity index (χ1) is 18.5. The molecule has 0 unspecified atom stereocenters. The molecule has 0 aliphatic carbocycles. The zero-order valence-corrected chi connectivity index (χ0v) is 23.8. The van der Waals surface area contributed by atoms with Crippen LogP contribution in [0, 0.1) is 12.3 Å². The average Bonchev–Trinajstić information content (AvgIpc) is 3.64. The molecule has 3 heterocycles. The summed E-state index contributed by atoms with van der Waals surface area (Å²) in [7, 11) is 0. The van der Waals surface area contributed by atoms with E-state index in [1.54, 1.807) is 22.1 Å². The van der Waals surface area contributed by atoms with E-state index < -0.39 is 35.4 Å². The molecule has 11 heteroatoms. The van der Waals surface area contributed by atoms with Crippen molar-refractivity contribution in [3.05, 3.63) is 59.0 Å². The highest BCUT2D eigenvalue weighted by Gasteiger charge is 2.44. The second kappa shape index (κ2) is 11.7. The Morgan fingerprint density at radius 1 is 1.18 bits per heavy atom. The Morgan fingerprint density at radius 3 is 2.51 bits per heavy atom. The van der Waals surface area contributed by atoms with Crippen LogP contribution >= 0.6 is 11.3 Å². The molecule has 3 atom stereocenters. The van der Waals surface area contributed by atoms with Crippen LogP contribution in [0.1, 0.15) is 55.9 Å². The van der Waals surface area contributed by atoms with Gasteiger partial charge in [0.15, 0.2) is 0 Å². The highest BCUT2D eigenvalue weighted by atomic mass is 32.1. The Morgan fingerprint density at radius 2 is 1.90 bits per heavy atom. The highest BCUT2D eigenvalue weighted by Crippen LogP contribution is 2.28. The van der Waals surface area contributed by atoms with E-state index in [1.807, 2.05) is 64.4 Å². The van der Waals surface area contributed by atoms with Crippen molar-refractivity contribution in [2.75, 3.05) is 6.54 Å². The Bertz CT molecular complexity index is 1330. The molecular formula is C28H36N6O4S. The molecule has 0 radical (unpaired) electrons. The van der Waals surface area contributed by atoms with E-state index in [-0.39, 0.29) is 25.4 Å². The molecule has 1 aliphatic heterocycles. The molecule has 3 N–H and O–H groups in total. The number of likely N-dealkylation sites (tertiary alicyclic amines) is 1. The van der Waals surface area contributed by atoms with Gasteiger partial charge in [0, 0.05) is 32.3 Å². The van der Waals surface area contributed by atoms with Crippen LogP contribution in [0.25, 0.3) is 10.4 Å². The summed E-state index contributed by atoms with van der Waals surface area (Å²) in [5.74, 6) is -1.16. The predicted molar refractivity (Wildman–Crippen MR) is 149 cm³/mol. The summed E-state index contributed by atoms with van der Waals surface area (Å²) in [6.45, 7) is 10.2. The number of β-amino-alcohol motifs (C(OH)–C–C–N with tert-alkyl or cyclic N) is 1. The van der Waals surface area contributed by atoms with Crippen molar-refractivity contribution in [2.24, 2.45) is 5.41 Å². The van der Waals surface area contributed by atoms with Gasteiger partial charge in [0.2, 0.25) is 11.8 Å². The number of rotatable bonds is 8. The molecular weight excluding hydrogens is 516 g/mol. The number of aliphatic hydroxyl groups is 1. The number of aryl methyl sites for hydroxylation is 2. The number of nitrogens with zero attached hydrogens (tertiary/aromatic N) is 4. The lowest BCUT2D eigenvalue weighted by Crippen LogP contribution is -2.57. The van der Waals surface area contributed by atoms with Crippen LogP contribution in [-0.2, 0) is 22.7 Å². The molecule has 2 aromatic heterocycles. The molecule has 1 fully saturated rings. The maximum atomic E-state index is 13.8. The smallest absolute Gasteiger partial charge is 0.270 e. The van der Waals surface area contributed by atoms with Crippen molar-refractivity contribution in [1.29, 1.82) is 0 Å². The third-order valence-corrected chi connectivity index (χ3v) is 7.91. The van der Waals surface area contributed by atoms with Gasteiger partial charge < -0.3 is 20.6 Å². The van der Waals surface area contributed by atoms with E-state index in [0.29, 0.717) is 12.2 Å². The van der Waals surface area contributed by atoms with Crippen molar-refractivity contribution in [3.63, 3.8) is 0 Å². The molecule has 0 saturated carbocycles. The average molecular weight is 553 g/mol. The second-order valence-corrected chi connectivity index (χ2v) is 11.7. The van der Waals surface area contributed by atoms with Gasteiger partial charge in [-0.2, -0.15) is 5.10 Å². The van der Waals surface area contributed by atoms with E-state index in [2.05, 4.69) is 20.7 Å². The minimum absolute atomic E-state index is 0.0230. The second-order valence-electron chi connectivity index (χ2n) is 10.9. The van der Waals surface area contributed by atoms with Crippen LogP contribution in [0.5, 0.6) is 0 Å². The quantitative estimate of drug-likeness (QED) is 0.394. The lowest BCUT2D eigenvalue weighted by molar-refractivity contribution is -0.142. The normalized spacial score (nSPS) is 18.2. The van der Waals surface area contributed by atoms with Gasteiger partial charge in [-0.25, -0.2) is 4.98 Å². The van der Waals surface area contributed by atoms with E-state index >= 15 is 0 Å². The highest BCUT2D eigenvalue weighted by molar-refractivity contribution is 7.13. The van der Waals surface area contributed by atoms with E-state index in [4.69, 9.17) is 0 Å². The fourth-order valence-electron chi connectivity index (χ4n) is 4.76. The number of thiazole rings is 1. The van der Waals surface area contributed by atoms with Gasteiger partial charge in [0.05, 0.1) is 22.2 Å². The van der Waals surface area contributed by atoms with Gasteiger partial charge >= 0.3 is 0 Å². The number of nitrogens with one attached hydrogen (secondary N) is 2. The van der Waals surface area contributed by atoms with Gasteiger partial charge in [0.1, 0.15) is 17.8 Å². The monoisotopic (exact) mass is 552 g/mol. The number of hydrogen-bond donors (Lipinski definition) is 3. The fraction of sp³-hybridized carbons (Fsp3) is 0.464. The molecule has 208 valence electrons. The maximum Gasteiger partial charge on any atom is 0.270 e. The number of carbonyl (C=O) groups excluding carboxylic acids is 3. The Labute approximate surface area is 232 Å². The summed E-state index contributed by atoms with van der Waals surface area (Å²) in [5, 5.41) is 20.3. The lowest BCUT2D eigenvalue weighted by Gasteiger charge is -2.35. The van der Waals surface area contributed by atoms with Gasteiger partial charge in [0.25, 0.3) is 5.91 Å². The van der Waals surface area contributed by atoms with Crippen molar-refractivity contribution < 1.29 is 19.5 Å². The van der Waals surface area contributed by atoms with Crippen LogP contribution in [0.3, 0.4) is 0 Å². The topological polar surface area (TPSA) is 129 Å². The number of amides is 3. The summed E-state index contributed by atoms with van der Waals surface area (Å²) < 4.78 is 1.56. The molecule has 1 aliphatic rings. The minimum atomic E-state index is -0.909. The molecule has 3 amide bonds. The van der Waals surface area contributed by atoms with Gasteiger partial charge in [-0.1, -0.05) is 45.0 Å². The molecule has 39 heavy (non-hydrogen) atoms. The first-order valence-corrected chi connectivity index (χ1v) is 14.0. The molecule has 1 saturated heterocycles. The van der Waals surface area contributed by atoms with E-state index in [1.165, 1.54) is 11.1 Å². The van der Waals surface area contributed by atoms with Crippen LogP contribution in [0.15, 0.2) is 42.0 Å². The Balaban J connectivity index is 1.44. The van der Waals surface area contributed by atoms with Crippen LogP contribution in [0.4, 0.5) is 0 Å². The van der Waals surface area contributed by atoms with Crippen molar-refractivity contribution >= 4 is 29.1 Å². The largest absolute Gasteiger partial charge is 0.391 e. The maximum absolute atomic E-state index is 13.8. The van der Waals surface area contributed by atoms with Gasteiger partial charge in [-0.3, -0.25) is 19.1 Å². The summed E-state index contributed by atoms with van der Waals surface area (Å²) in [6.07, 6.45) is 0.844. The minimum Gasteiger partial charge on any atom is -0.391 e. The SMILES string of the molecule is CCn1nccc1C(=O)N[C@@H](C(=O)N1C[C@H](O)C[C@H]1C(=O)NCc1ccc(-c2scnc2C)cc1)C(C)(C)C. The standard InChI is InChI=1S/C28H36N6O4S/c1-6-34-21(11-12-31-34)26(37)32-24(28(3,4)5)27(38)33-15-20(35)13-22(33)25(36)29-14-18-7-9-19(10-8-18)23-17(2)30-16-39-23/h7-12,16,20,22,24,35H,6,13-15H2,1-5H3,(H,29,36)(H,32,37)/t20-,22+,24+/m1/s1. The van der Waals surface area contributed by atoms with E-state index in [9.17, 15) is 19.5 Å². The predicted octanol–water partition coefficient (Wildman–Crippen LogP) is 2.76. The number of aliphatic hydroxyl groups excluding tert-OH is 1. The van der Waals surface area contributed by atoms with Crippen molar-refractivity contribution in [2.45, 2.75) is 72.3 Å². The third kappa shape index (κ3) is 6.36. The zero-order chi connectivity index (χ0) is 28.3. The molecule has 4 rings (SSSR count). The number of hydrogen-bond acceptors (Lipinski definition) is 7. The van der Waals surface area contributed by atoms with E-state index in [0.717, 1.165) is 21.7 Å². The lowest BCUT2D eigenvalue weighted by atomic mass is 9.85. The summed E-state index contributed by atoms with van der Waals surface area (Å²) >= 11 is 1.58. The number of benzene rings is 1. The molecule has 0 bridgehead atoms. The molecule has 0 spiro atoms. The Kier molecular flexibility index (Phi) is 8.51. The molecule has 10 nitrogen and oxygen atoms in total. The fourth-order valence-corrected chi connectivity index (χ4v) is 5.57. The first-order valence-electron chi connectivity index (χ1n) is 13.1. The molecule has 3 aromatic rings. The summed E-state index contributed by atoms with van der Waals surface area (Å²) in [4.78, 5) is 46.8. The Hall–Kier alpha value is -3.57. The van der Waals surface area contributed by atoms with Crippen molar-refractivity contribution in [1.82, 2.24) is 30.3 Å². The van der Waals surface area contributed by atoms with Crippen LogP contribution in [-0.4, -0.2) is 67.2 Å². The van der Waals surface area contributed by atoms with Crippen LogP contribution in [0.2, 0.25) is 0 Å². The summed E-state index contributed by atoms with van der Waals surface area (Å²) in [6, 6.07) is 7.75. The van der Waals surface area contributed by atoms with Crippen molar-refractivity contribution in [3.8, 4) is 10.4 Å². The number of carbonyl (C=O) groups is 3.